The van der Waals surface area contributed by atoms with Crippen LogP contribution in [-0.4, -0.2) is 42.3 Å². The number of hydrogen-bond acceptors (Lipinski definition) is 5. The maximum Gasteiger partial charge on any atom is 0.252 e. The average molecular weight is 323 g/mol. The lowest BCUT2D eigenvalue weighted by Gasteiger charge is -2.18. The lowest BCUT2D eigenvalue weighted by molar-refractivity contribution is 0.436. The van der Waals surface area contributed by atoms with Crippen molar-refractivity contribution < 1.29 is 8.42 Å². The van der Waals surface area contributed by atoms with Gasteiger partial charge in [0.2, 0.25) is 0 Å². The van der Waals surface area contributed by atoms with Crippen molar-refractivity contribution in [2.75, 3.05) is 24.6 Å². The smallest absolute Gasteiger partial charge is 0.252 e. The van der Waals surface area contributed by atoms with Gasteiger partial charge in [0.05, 0.1) is 4.88 Å². The number of thiophene rings is 1. The van der Waals surface area contributed by atoms with E-state index in [2.05, 4.69) is 0 Å². The van der Waals surface area contributed by atoms with Gasteiger partial charge in [-0.2, -0.15) is 16.1 Å². The van der Waals surface area contributed by atoms with E-state index in [4.69, 9.17) is 18.0 Å². The highest BCUT2D eigenvalue weighted by Gasteiger charge is 2.26. The molecule has 0 aromatic carbocycles. The Kier molecular flexibility index (Phi) is 4.65. The first kappa shape index (κ1) is 14.3. The Labute approximate surface area is 121 Å². The molecule has 18 heavy (non-hydrogen) atoms. The standard InChI is InChI=1S/C10H14N2O2S4/c11-10(15)8-2-3-9(17-8)18(13,14)12-4-1-6-16-7-5-12/h2-3H,1,4-7H2,(H2,11,15). The van der Waals surface area contributed by atoms with Gasteiger partial charge in [-0.15, -0.1) is 11.3 Å². The molecule has 0 aliphatic carbocycles. The van der Waals surface area contributed by atoms with E-state index in [1.54, 1.807) is 28.2 Å². The van der Waals surface area contributed by atoms with E-state index in [1.165, 1.54) is 0 Å². The molecule has 0 spiro atoms. The molecular weight excluding hydrogens is 308 g/mol. The minimum absolute atomic E-state index is 0.243. The van der Waals surface area contributed by atoms with Gasteiger partial charge in [0.15, 0.2) is 0 Å². The van der Waals surface area contributed by atoms with E-state index in [9.17, 15) is 8.42 Å². The number of hydrogen-bond donors (Lipinski definition) is 1. The third-order valence-electron chi connectivity index (χ3n) is 2.60. The third-order valence-corrected chi connectivity index (χ3v) is 7.48. The molecule has 2 rings (SSSR count). The predicted molar refractivity (Wildman–Crippen MR) is 80.9 cm³/mol. The Morgan fingerprint density at radius 2 is 2.11 bits per heavy atom. The molecule has 100 valence electrons. The molecule has 0 unspecified atom stereocenters. The summed E-state index contributed by atoms with van der Waals surface area (Å²) in [4.78, 5) is 0.889. The third kappa shape index (κ3) is 3.05. The molecule has 0 bridgehead atoms. The van der Waals surface area contributed by atoms with Gasteiger partial charge in [0.25, 0.3) is 10.0 Å². The van der Waals surface area contributed by atoms with Crippen LogP contribution in [0.2, 0.25) is 0 Å². The maximum atomic E-state index is 12.4. The lowest BCUT2D eigenvalue weighted by Crippen LogP contribution is -2.32. The quantitative estimate of drug-likeness (QED) is 0.855. The van der Waals surface area contributed by atoms with Crippen LogP contribution in [0.25, 0.3) is 0 Å². The first-order valence-corrected chi connectivity index (χ1v) is 9.31. The van der Waals surface area contributed by atoms with Crippen molar-refractivity contribution in [2.45, 2.75) is 10.6 Å². The Morgan fingerprint density at radius 3 is 2.78 bits per heavy atom. The zero-order valence-electron chi connectivity index (χ0n) is 9.66. The topological polar surface area (TPSA) is 63.4 Å². The summed E-state index contributed by atoms with van der Waals surface area (Å²) >= 11 is 7.80. The summed E-state index contributed by atoms with van der Waals surface area (Å²) in [5.74, 6) is 1.88. The van der Waals surface area contributed by atoms with E-state index in [0.717, 1.165) is 29.3 Å². The molecule has 1 fully saturated rings. The fourth-order valence-electron chi connectivity index (χ4n) is 1.68. The number of nitrogens with zero attached hydrogens (tertiary/aromatic N) is 1. The number of thioether (sulfide) groups is 1. The van der Waals surface area contributed by atoms with Gasteiger partial charge in [-0.05, 0) is 24.3 Å². The Balaban J connectivity index is 2.25. The molecule has 4 nitrogen and oxygen atoms in total. The molecule has 1 aliphatic heterocycles. The SMILES string of the molecule is NC(=S)c1ccc(S(=O)(=O)N2CCCSCC2)s1. The summed E-state index contributed by atoms with van der Waals surface area (Å²) in [6, 6.07) is 3.26. The van der Waals surface area contributed by atoms with Crippen LogP contribution in [-0.2, 0) is 10.0 Å². The monoisotopic (exact) mass is 322 g/mol. The highest BCUT2D eigenvalue weighted by Crippen LogP contribution is 2.26. The van der Waals surface area contributed by atoms with Crippen molar-refractivity contribution in [3.63, 3.8) is 0 Å². The van der Waals surface area contributed by atoms with Crippen molar-refractivity contribution in [2.24, 2.45) is 5.73 Å². The Bertz CT molecular complexity index is 530. The molecule has 2 N–H and O–H groups in total. The van der Waals surface area contributed by atoms with Gasteiger partial charge in [0, 0.05) is 18.8 Å². The van der Waals surface area contributed by atoms with Crippen LogP contribution >= 0.6 is 35.3 Å². The van der Waals surface area contributed by atoms with E-state index in [1.807, 2.05) is 0 Å². The van der Waals surface area contributed by atoms with Crippen molar-refractivity contribution in [1.82, 2.24) is 4.31 Å². The van der Waals surface area contributed by atoms with E-state index < -0.39 is 10.0 Å². The minimum Gasteiger partial charge on any atom is -0.389 e. The van der Waals surface area contributed by atoms with E-state index >= 15 is 0 Å². The summed E-state index contributed by atoms with van der Waals surface area (Å²) in [7, 11) is -3.37. The first-order chi connectivity index (χ1) is 8.51. The van der Waals surface area contributed by atoms with Gasteiger partial charge < -0.3 is 5.73 Å². The second-order valence-electron chi connectivity index (χ2n) is 3.85. The fourth-order valence-corrected chi connectivity index (χ4v) is 5.67. The zero-order valence-corrected chi connectivity index (χ0v) is 12.9. The number of sulfonamides is 1. The number of rotatable bonds is 3. The lowest BCUT2D eigenvalue weighted by atomic mass is 10.5. The molecule has 0 atom stereocenters. The van der Waals surface area contributed by atoms with Crippen LogP contribution in [0.15, 0.2) is 16.3 Å². The molecule has 1 saturated heterocycles. The van der Waals surface area contributed by atoms with Crippen LogP contribution in [0.5, 0.6) is 0 Å². The molecule has 0 saturated carbocycles. The molecule has 2 heterocycles. The molecule has 8 heteroatoms. The summed E-state index contributed by atoms with van der Waals surface area (Å²) in [5.41, 5.74) is 5.50. The fraction of sp³-hybridized carbons (Fsp3) is 0.500. The van der Waals surface area contributed by atoms with Crippen molar-refractivity contribution in [3.8, 4) is 0 Å². The molecule has 1 aromatic rings. The largest absolute Gasteiger partial charge is 0.389 e. The number of thiocarbonyl (C=S) groups is 1. The van der Waals surface area contributed by atoms with Crippen LogP contribution in [0.1, 0.15) is 11.3 Å². The normalized spacial score (nSPS) is 18.4. The summed E-state index contributed by atoms with van der Waals surface area (Å²) in [5, 5.41) is 0. The predicted octanol–water partition coefficient (Wildman–Crippen LogP) is 1.51. The van der Waals surface area contributed by atoms with Gasteiger partial charge in [-0.25, -0.2) is 8.42 Å². The summed E-state index contributed by atoms with van der Waals surface area (Å²) < 4.78 is 26.7. The van der Waals surface area contributed by atoms with E-state index in [-0.39, 0.29) is 4.99 Å². The van der Waals surface area contributed by atoms with Gasteiger partial charge in [-0.3, -0.25) is 0 Å². The summed E-state index contributed by atoms with van der Waals surface area (Å²) in [6.45, 7) is 1.17. The molecule has 1 aromatic heterocycles. The minimum atomic E-state index is -3.37. The van der Waals surface area contributed by atoms with Crippen molar-refractivity contribution in [1.29, 1.82) is 0 Å². The first-order valence-electron chi connectivity index (χ1n) is 5.49. The van der Waals surface area contributed by atoms with Crippen LogP contribution in [0.3, 0.4) is 0 Å². The maximum absolute atomic E-state index is 12.4. The van der Waals surface area contributed by atoms with Gasteiger partial charge in [0.1, 0.15) is 9.20 Å². The van der Waals surface area contributed by atoms with Crippen molar-refractivity contribution >= 4 is 50.3 Å². The van der Waals surface area contributed by atoms with Gasteiger partial charge in [-0.1, -0.05) is 12.2 Å². The van der Waals surface area contributed by atoms with Crippen molar-refractivity contribution in [3.05, 3.63) is 17.0 Å². The zero-order chi connectivity index (χ0) is 13.2. The van der Waals surface area contributed by atoms with Crippen LogP contribution < -0.4 is 5.73 Å². The molecular formula is C10H14N2O2S4. The number of nitrogens with two attached hydrogens (primary N) is 1. The highest BCUT2D eigenvalue weighted by molar-refractivity contribution is 7.99. The molecule has 0 amide bonds. The second-order valence-corrected chi connectivity index (χ2v) is 8.77. The Morgan fingerprint density at radius 1 is 1.33 bits per heavy atom. The second kappa shape index (κ2) is 5.87. The Hall–Kier alpha value is -0.150. The van der Waals surface area contributed by atoms with Crippen LogP contribution in [0, 0.1) is 0 Å². The highest BCUT2D eigenvalue weighted by atomic mass is 32.2. The van der Waals surface area contributed by atoms with Gasteiger partial charge >= 0.3 is 0 Å². The average Bonchev–Trinajstić information content (AvgIpc) is 2.66. The molecule has 1 aliphatic rings. The summed E-state index contributed by atoms with van der Waals surface area (Å²) in [6.07, 6.45) is 0.900. The molecule has 0 radical (unpaired) electrons. The van der Waals surface area contributed by atoms with E-state index in [0.29, 0.717) is 22.2 Å². The van der Waals surface area contributed by atoms with Crippen LogP contribution in [0.4, 0.5) is 0 Å².